The highest BCUT2D eigenvalue weighted by molar-refractivity contribution is 5.95. The molecule has 2 rings (SSSR count). The van der Waals surface area contributed by atoms with Crippen LogP contribution in [0.2, 0.25) is 0 Å². The Morgan fingerprint density at radius 3 is 2.50 bits per heavy atom. The van der Waals surface area contributed by atoms with Crippen LogP contribution in [0.15, 0.2) is 41.0 Å². The largest absolute Gasteiger partial charge is 0.478 e. The van der Waals surface area contributed by atoms with Crippen molar-refractivity contribution in [3.8, 4) is 0 Å². The molecule has 2 aromatic rings. The first-order chi connectivity index (χ1) is 9.47. The first-order valence-corrected chi connectivity index (χ1v) is 5.85. The molecular weight excluding hydrogens is 265 g/mol. The zero-order valence-electron chi connectivity index (χ0n) is 10.6. The minimum atomic E-state index is -1.17. The summed E-state index contributed by atoms with van der Waals surface area (Å²) < 4.78 is 17.7. The molecule has 0 radical (unpaired) electrons. The average molecular weight is 277 g/mol. The molecule has 0 fully saturated rings. The molecular formula is C14H12FNO4. The number of carboxylic acids is 1. The van der Waals surface area contributed by atoms with Crippen LogP contribution in [0.25, 0.3) is 0 Å². The van der Waals surface area contributed by atoms with Crippen LogP contribution in [0.3, 0.4) is 0 Å². The Morgan fingerprint density at radius 1 is 1.30 bits per heavy atom. The summed E-state index contributed by atoms with van der Waals surface area (Å²) in [7, 11) is 0. The molecule has 20 heavy (non-hydrogen) atoms. The molecule has 0 aliphatic carbocycles. The van der Waals surface area contributed by atoms with Crippen molar-refractivity contribution in [2.45, 2.75) is 13.0 Å². The van der Waals surface area contributed by atoms with E-state index in [4.69, 9.17) is 9.52 Å². The summed E-state index contributed by atoms with van der Waals surface area (Å²) in [6.07, 6.45) is 1.000. The van der Waals surface area contributed by atoms with E-state index in [0.29, 0.717) is 0 Å². The van der Waals surface area contributed by atoms with Gasteiger partial charge in [0.05, 0.1) is 11.6 Å². The van der Waals surface area contributed by atoms with E-state index in [2.05, 4.69) is 5.32 Å². The fourth-order valence-electron chi connectivity index (χ4n) is 1.67. The third-order valence-corrected chi connectivity index (χ3v) is 2.79. The molecule has 0 bridgehead atoms. The number of carbonyl (C=O) groups is 2. The van der Waals surface area contributed by atoms with Crippen molar-refractivity contribution in [3.05, 3.63) is 59.3 Å². The minimum Gasteiger partial charge on any atom is -0.478 e. The van der Waals surface area contributed by atoms with E-state index < -0.39 is 11.9 Å². The summed E-state index contributed by atoms with van der Waals surface area (Å²) >= 11 is 0. The Hall–Kier alpha value is -2.63. The molecule has 2 N–H and O–H groups in total. The Kier molecular flexibility index (Phi) is 3.84. The normalized spacial score (nSPS) is 11.9. The van der Waals surface area contributed by atoms with Gasteiger partial charge in [-0.15, -0.1) is 0 Å². The second kappa shape index (κ2) is 5.56. The fourth-order valence-corrected chi connectivity index (χ4v) is 1.67. The number of nitrogens with one attached hydrogen (secondary N) is 1. The number of aromatic carboxylic acids is 1. The number of furan rings is 1. The SMILES string of the molecule is CC(NC(=O)c1cc(C(=O)O)co1)c1ccc(F)cc1. The lowest BCUT2D eigenvalue weighted by molar-refractivity contribution is 0.0695. The van der Waals surface area contributed by atoms with Crippen molar-refractivity contribution in [2.75, 3.05) is 0 Å². The molecule has 1 unspecified atom stereocenters. The lowest BCUT2D eigenvalue weighted by Gasteiger charge is -2.13. The van der Waals surface area contributed by atoms with Gasteiger partial charge in [0.2, 0.25) is 0 Å². The monoisotopic (exact) mass is 277 g/mol. The molecule has 6 heteroatoms. The van der Waals surface area contributed by atoms with Crippen LogP contribution < -0.4 is 5.32 Å². The predicted octanol–water partition coefficient (Wildman–Crippen LogP) is 2.61. The van der Waals surface area contributed by atoms with Gasteiger partial charge in [0.15, 0.2) is 5.76 Å². The summed E-state index contributed by atoms with van der Waals surface area (Å²) in [5.74, 6) is -2.14. The summed E-state index contributed by atoms with van der Waals surface area (Å²) in [4.78, 5) is 22.5. The second-order valence-corrected chi connectivity index (χ2v) is 4.25. The van der Waals surface area contributed by atoms with Crippen LogP contribution in [0, 0.1) is 5.82 Å². The van der Waals surface area contributed by atoms with E-state index in [-0.39, 0.29) is 23.2 Å². The number of halogens is 1. The van der Waals surface area contributed by atoms with Crippen molar-refractivity contribution in [1.82, 2.24) is 5.32 Å². The van der Waals surface area contributed by atoms with Gasteiger partial charge in [-0.2, -0.15) is 0 Å². The molecule has 1 atom stereocenters. The van der Waals surface area contributed by atoms with Gasteiger partial charge in [0.25, 0.3) is 5.91 Å². The highest BCUT2D eigenvalue weighted by Gasteiger charge is 2.17. The molecule has 0 aliphatic heterocycles. The van der Waals surface area contributed by atoms with Crippen molar-refractivity contribution >= 4 is 11.9 Å². The van der Waals surface area contributed by atoms with Crippen molar-refractivity contribution < 1.29 is 23.5 Å². The smallest absolute Gasteiger partial charge is 0.338 e. The minimum absolute atomic E-state index is 0.0867. The van der Waals surface area contributed by atoms with E-state index in [1.54, 1.807) is 19.1 Å². The highest BCUT2D eigenvalue weighted by Crippen LogP contribution is 2.15. The van der Waals surface area contributed by atoms with E-state index >= 15 is 0 Å². The number of amides is 1. The first-order valence-electron chi connectivity index (χ1n) is 5.85. The summed E-state index contributed by atoms with van der Waals surface area (Å²) in [6.45, 7) is 1.73. The topological polar surface area (TPSA) is 79.5 Å². The molecule has 1 aromatic heterocycles. The lowest BCUT2D eigenvalue weighted by Crippen LogP contribution is -2.26. The van der Waals surface area contributed by atoms with Crippen LogP contribution in [-0.2, 0) is 0 Å². The third kappa shape index (κ3) is 3.03. The molecule has 1 amide bonds. The second-order valence-electron chi connectivity index (χ2n) is 4.25. The van der Waals surface area contributed by atoms with Crippen LogP contribution in [0.4, 0.5) is 4.39 Å². The maximum absolute atomic E-state index is 12.8. The van der Waals surface area contributed by atoms with Gasteiger partial charge in [-0.25, -0.2) is 9.18 Å². The Bertz CT molecular complexity index is 633. The molecule has 104 valence electrons. The summed E-state index contributed by atoms with van der Waals surface area (Å²) in [5, 5.41) is 11.4. The van der Waals surface area contributed by atoms with Crippen LogP contribution in [-0.4, -0.2) is 17.0 Å². The zero-order valence-corrected chi connectivity index (χ0v) is 10.6. The van der Waals surface area contributed by atoms with Gasteiger partial charge in [0, 0.05) is 6.07 Å². The predicted molar refractivity (Wildman–Crippen MR) is 67.9 cm³/mol. The van der Waals surface area contributed by atoms with Crippen molar-refractivity contribution in [2.24, 2.45) is 0 Å². The average Bonchev–Trinajstić information content (AvgIpc) is 2.89. The zero-order chi connectivity index (χ0) is 14.7. The standard InChI is InChI=1S/C14H12FNO4/c1-8(9-2-4-11(15)5-3-9)16-13(17)12-6-10(7-20-12)14(18)19/h2-8H,1H3,(H,16,17)(H,18,19). The number of hydrogen-bond acceptors (Lipinski definition) is 3. The number of rotatable bonds is 4. The third-order valence-electron chi connectivity index (χ3n) is 2.79. The van der Waals surface area contributed by atoms with Crippen LogP contribution in [0.1, 0.15) is 39.4 Å². The van der Waals surface area contributed by atoms with E-state index in [1.807, 2.05) is 0 Å². The van der Waals surface area contributed by atoms with Gasteiger partial charge in [0.1, 0.15) is 12.1 Å². The van der Waals surface area contributed by atoms with Gasteiger partial charge in [-0.05, 0) is 24.6 Å². The summed E-state index contributed by atoms with van der Waals surface area (Å²) in [5.41, 5.74) is 0.634. The van der Waals surface area contributed by atoms with Crippen molar-refractivity contribution in [1.29, 1.82) is 0 Å². The van der Waals surface area contributed by atoms with E-state index in [0.717, 1.165) is 17.9 Å². The molecule has 1 heterocycles. The van der Waals surface area contributed by atoms with Crippen LogP contribution in [0.5, 0.6) is 0 Å². The Morgan fingerprint density at radius 2 is 1.95 bits per heavy atom. The van der Waals surface area contributed by atoms with Gasteiger partial charge in [-0.1, -0.05) is 12.1 Å². The van der Waals surface area contributed by atoms with Gasteiger partial charge < -0.3 is 14.8 Å². The molecule has 0 aliphatic rings. The maximum Gasteiger partial charge on any atom is 0.338 e. The van der Waals surface area contributed by atoms with Crippen LogP contribution >= 0.6 is 0 Å². The molecule has 1 aromatic carbocycles. The fraction of sp³-hybridized carbons (Fsp3) is 0.143. The highest BCUT2D eigenvalue weighted by atomic mass is 19.1. The number of carboxylic acid groups (broad SMARTS) is 1. The van der Waals surface area contributed by atoms with Gasteiger partial charge in [-0.3, -0.25) is 4.79 Å². The molecule has 0 saturated carbocycles. The Balaban J connectivity index is 2.06. The molecule has 0 saturated heterocycles. The molecule has 5 nitrogen and oxygen atoms in total. The van der Waals surface area contributed by atoms with E-state index in [1.165, 1.54) is 12.1 Å². The van der Waals surface area contributed by atoms with E-state index in [9.17, 15) is 14.0 Å². The Labute approximate surface area is 114 Å². The maximum atomic E-state index is 12.8. The number of hydrogen-bond donors (Lipinski definition) is 2. The van der Waals surface area contributed by atoms with Gasteiger partial charge >= 0.3 is 5.97 Å². The number of carbonyl (C=O) groups excluding carboxylic acids is 1. The lowest BCUT2D eigenvalue weighted by atomic mass is 10.1. The van der Waals surface area contributed by atoms with Crippen molar-refractivity contribution in [3.63, 3.8) is 0 Å². The summed E-state index contributed by atoms with van der Waals surface area (Å²) in [6, 6.07) is 6.51. The molecule has 0 spiro atoms. The number of benzene rings is 1. The quantitative estimate of drug-likeness (QED) is 0.900. The first kappa shape index (κ1) is 13.8.